The number of rotatable bonds is 4. The molecule has 3 heterocycles. The summed E-state index contributed by atoms with van der Waals surface area (Å²) >= 11 is 7.54. The number of aromatic nitrogens is 1. The Labute approximate surface area is 151 Å². The molecule has 2 aromatic rings. The molecular weight excluding hydrogens is 353 g/mol. The molecule has 1 atom stereocenters. The molecule has 0 aliphatic carbocycles. The molecule has 2 aromatic heterocycles. The van der Waals surface area contributed by atoms with Crippen LogP contribution in [0.15, 0.2) is 36.0 Å². The predicted molar refractivity (Wildman–Crippen MR) is 96.5 cm³/mol. The highest BCUT2D eigenvalue weighted by Gasteiger charge is 2.27. The molecule has 0 radical (unpaired) electrons. The molecule has 1 saturated heterocycles. The van der Waals surface area contributed by atoms with Crippen LogP contribution in [0.5, 0.6) is 0 Å². The molecule has 4 nitrogen and oxygen atoms in total. The molecule has 0 saturated carbocycles. The Morgan fingerprint density at radius 1 is 1.52 bits per heavy atom. The van der Waals surface area contributed by atoms with Crippen molar-refractivity contribution < 1.29 is 4.79 Å². The number of pyridine rings is 1. The zero-order chi connectivity index (χ0) is 15.4. The summed E-state index contributed by atoms with van der Waals surface area (Å²) in [6.07, 6.45) is 4.87. The summed E-state index contributed by atoms with van der Waals surface area (Å²) in [5.74, 6) is 0.194. The Bertz CT molecular complexity index is 635. The van der Waals surface area contributed by atoms with Crippen LogP contribution in [-0.2, 0) is 11.2 Å². The highest BCUT2D eigenvalue weighted by molar-refractivity contribution is 7.10. The Hall–Kier alpha value is -1.14. The summed E-state index contributed by atoms with van der Waals surface area (Å²) in [6.45, 7) is 2.36. The van der Waals surface area contributed by atoms with Crippen LogP contribution in [0.2, 0.25) is 5.02 Å². The highest BCUT2D eigenvalue weighted by Crippen LogP contribution is 2.24. The summed E-state index contributed by atoms with van der Waals surface area (Å²) < 4.78 is 0. The second-order valence-corrected chi connectivity index (χ2v) is 6.76. The molecule has 3 rings (SSSR count). The fraction of sp³-hybridized carbons (Fsp3) is 0.375. The summed E-state index contributed by atoms with van der Waals surface area (Å²) in [5, 5.41) is 6.02. The van der Waals surface area contributed by atoms with Gasteiger partial charge in [0, 0.05) is 48.7 Å². The number of amides is 1. The molecule has 1 amide bonds. The van der Waals surface area contributed by atoms with Gasteiger partial charge >= 0.3 is 0 Å². The number of piperazine rings is 1. The number of carbonyl (C=O) groups excluding carboxylic acids is 1. The van der Waals surface area contributed by atoms with E-state index >= 15 is 0 Å². The van der Waals surface area contributed by atoms with Gasteiger partial charge < -0.3 is 10.2 Å². The van der Waals surface area contributed by atoms with Crippen molar-refractivity contribution in [2.75, 3.05) is 19.6 Å². The average molecular weight is 372 g/mol. The first kappa shape index (κ1) is 18.2. The number of carbonyl (C=O) groups is 1. The third kappa shape index (κ3) is 4.67. The minimum atomic E-state index is 0. The van der Waals surface area contributed by atoms with Gasteiger partial charge in [-0.05, 0) is 24.1 Å². The SMILES string of the molecule is Cl.O=C(CCc1cc(Cl)cs1)N1CCNCC1c1cccnc1. The fourth-order valence-electron chi connectivity index (χ4n) is 2.73. The van der Waals surface area contributed by atoms with E-state index in [1.165, 1.54) is 0 Å². The molecule has 1 fully saturated rings. The summed E-state index contributed by atoms with van der Waals surface area (Å²) in [5.41, 5.74) is 1.09. The molecule has 0 aromatic carbocycles. The van der Waals surface area contributed by atoms with Gasteiger partial charge in [0.05, 0.1) is 11.1 Å². The number of hydrogen-bond acceptors (Lipinski definition) is 4. The Kier molecular flexibility index (Phi) is 6.84. The van der Waals surface area contributed by atoms with E-state index in [0.717, 1.165) is 41.5 Å². The summed E-state index contributed by atoms with van der Waals surface area (Å²) in [4.78, 5) is 19.9. The number of nitrogens with zero attached hydrogens (tertiary/aromatic N) is 2. The fourth-order valence-corrected chi connectivity index (χ4v) is 3.81. The maximum atomic E-state index is 12.6. The van der Waals surface area contributed by atoms with Crippen LogP contribution in [-0.4, -0.2) is 35.4 Å². The minimum absolute atomic E-state index is 0. The Balaban J connectivity index is 0.00000192. The van der Waals surface area contributed by atoms with Gasteiger partial charge in [-0.3, -0.25) is 9.78 Å². The second-order valence-electron chi connectivity index (χ2n) is 5.32. The molecule has 124 valence electrons. The quantitative estimate of drug-likeness (QED) is 0.896. The van der Waals surface area contributed by atoms with Crippen molar-refractivity contribution in [2.24, 2.45) is 0 Å². The second kappa shape index (κ2) is 8.64. The van der Waals surface area contributed by atoms with E-state index < -0.39 is 0 Å². The van der Waals surface area contributed by atoms with E-state index in [1.54, 1.807) is 17.5 Å². The smallest absolute Gasteiger partial charge is 0.223 e. The standard InChI is InChI=1S/C16H18ClN3OS.ClH/c17-13-8-14(22-11-13)3-4-16(21)20-7-6-19-10-15(20)12-2-1-5-18-9-12;/h1-2,5,8-9,11,15,19H,3-4,6-7,10H2;1H. The van der Waals surface area contributed by atoms with Gasteiger partial charge in [-0.15, -0.1) is 23.7 Å². The number of aryl methyl sites for hydroxylation is 1. The zero-order valence-electron chi connectivity index (χ0n) is 12.6. The van der Waals surface area contributed by atoms with Crippen molar-refractivity contribution in [1.29, 1.82) is 0 Å². The van der Waals surface area contributed by atoms with Gasteiger partial charge in [0.1, 0.15) is 0 Å². The van der Waals surface area contributed by atoms with Crippen LogP contribution in [0.3, 0.4) is 0 Å². The van der Waals surface area contributed by atoms with E-state index in [9.17, 15) is 4.79 Å². The van der Waals surface area contributed by atoms with Gasteiger partial charge in [0.15, 0.2) is 0 Å². The molecule has 1 unspecified atom stereocenters. The largest absolute Gasteiger partial charge is 0.333 e. The predicted octanol–water partition coefficient (Wildman–Crippen LogP) is 3.32. The Morgan fingerprint density at radius 3 is 3.09 bits per heavy atom. The molecule has 1 aliphatic rings. The van der Waals surface area contributed by atoms with Gasteiger partial charge in [0.25, 0.3) is 0 Å². The van der Waals surface area contributed by atoms with Crippen LogP contribution < -0.4 is 5.32 Å². The van der Waals surface area contributed by atoms with Crippen molar-refractivity contribution in [3.63, 3.8) is 0 Å². The maximum absolute atomic E-state index is 12.6. The molecule has 23 heavy (non-hydrogen) atoms. The molecule has 7 heteroatoms. The van der Waals surface area contributed by atoms with Crippen LogP contribution in [0, 0.1) is 0 Å². The normalized spacial score (nSPS) is 17.6. The molecule has 0 spiro atoms. The number of thiophene rings is 1. The molecular formula is C16H19Cl2N3OS. The van der Waals surface area contributed by atoms with E-state index in [0.29, 0.717) is 6.42 Å². The molecule has 1 N–H and O–H groups in total. The van der Waals surface area contributed by atoms with E-state index in [1.807, 2.05) is 34.7 Å². The lowest BCUT2D eigenvalue weighted by molar-refractivity contribution is -0.134. The van der Waals surface area contributed by atoms with Gasteiger partial charge in [-0.25, -0.2) is 0 Å². The van der Waals surface area contributed by atoms with Crippen LogP contribution in [0.1, 0.15) is 22.9 Å². The first-order valence-electron chi connectivity index (χ1n) is 7.37. The van der Waals surface area contributed by atoms with Crippen molar-refractivity contribution in [2.45, 2.75) is 18.9 Å². The maximum Gasteiger partial charge on any atom is 0.223 e. The minimum Gasteiger partial charge on any atom is -0.333 e. The first-order chi connectivity index (χ1) is 10.7. The van der Waals surface area contributed by atoms with Crippen LogP contribution in [0.25, 0.3) is 0 Å². The van der Waals surface area contributed by atoms with E-state index in [-0.39, 0.29) is 24.4 Å². The van der Waals surface area contributed by atoms with Gasteiger partial charge in [-0.2, -0.15) is 0 Å². The van der Waals surface area contributed by atoms with Gasteiger partial charge in [0.2, 0.25) is 5.91 Å². The van der Waals surface area contributed by atoms with Crippen molar-refractivity contribution >= 4 is 41.3 Å². The van der Waals surface area contributed by atoms with Crippen LogP contribution >= 0.6 is 35.3 Å². The third-order valence-corrected chi connectivity index (χ3v) is 5.18. The van der Waals surface area contributed by atoms with E-state index in [2.05, 4.69) is 10.3 Å². The number of halogens is 2. The number of nitrogens with one attached hydrogen (secondary N) is 1. The van der Waals surface area contributed by atoms with Crippen LogP contribution in [0.4, 0.5) is 0 Å². The molecule has 0 bridgehead atoms. The third-order valence-electron chi connectivity index (χ3n) is 3.84. The van der Waals surface area contributed by atoms with Gasteiger partial charge in [-0.1, -0.05) is 17.7 Å². The average Bonchev–Trinajstić information content (AvgIpc) is 2.99. The number of hydrogen-bond donors (Lipinski definition) is 1. The van der Waals surface area contributed by atoms with Crippen molar-refractivity contribution in [3.05, 3.63) is 51.4 Å². The first-order valence-corrected chi connectivity index (χ1v) is 8.63. The van der Waals surface area contributed by atoms with Crippen molar-refractivity contribution in [1.82, 2.24) is 15.2 Å². The monoisotopic (exact) mass is 371 g/mol. The lowest BCUT2D eigenvalue weighted by Gasteiger charge is -2.36. The molecule has 1 aliphatic heterocycles. The Morgan fingerprint density at radius 2 is 2.39 bits per heavy atom. The van der Waals surface area contributed by atoms with E-state index in [4.69, 9.17) is 11.6 Å². The lowest BCUT2D eigenvalue weighted by atomic mass is 10.0. The topological polar surface area (TPSA) is 45.2 Å². The highest BCUT2D eigenvalue weighted by atomic mass is 35.5. The summed E-state index contributed by atoms with van der Waals surface area (Å²) in [6, 6.07) is 5.96. The van der Waals surface area contributed by atoms with Crippen molar-refractivity contribution in [3.8, 4) is 0 Å². The summed E-state index contributed by atoms with van der Waals surface area (Å²) in [7, 11) is 0. The lowest BCUT2D eigenvalue weighted by Crippen LogP contribution is -2.48. The zero-order valence-corrected chi connectivity index (χ0v) is 15.0.